The number of aromatic carboxylic acids is 1. The third-order valence-corrected chi connectivity index (χ3v) is 2.14. The quantitative estimate of drug-likeness (QED) is 0.635. The summed E-state index contributed by atoms with van der Waals surface area (Å²) in [5.41, 5.74) is -1.06. The van der Waals surface area contributed by atoms with Crippen molar-refractivity contribution in [3.05, 3.63) is 32.8 Å². The molecule has 0 aliphatic rings. The summed E-state index contributed by atoms with van der Waals surface area (Å²) in [6, 6.07) is 1.83. The number of nitro groups is 1. The molecule has 8 heteroatoms. The first-order valence-corrected chi connectivity index (χ1v) is 4.69. The predicted molar refractivity (Wildman–Crippen MR) is 59.4 cm³/mol. The molecule has 0 saturated heterocycles. The molecule has 0 fully saturated rings. The Morgan fingerprint density at radius 1 is 1.47 bits per heavy atom. The average molecular weight is 259 g/mol. The van der Waals surface area contributed by atoms with Crippen molar-refractivity contribution in [2.24, 2.45) is 0 Å². The lowest BCUT2D eigenvalue weighted by Gasteiger charge is -2.06. The molecule has 0 spiro atoms. The molecule has 1 amide bonds. The number of nitrogens with one attached hydrogen (secondary N) is 1. The Hall–Kier alpha value is -2.15. The van der Waals surface area contributed by atoms with E-state index in [1.807, 2.05) is 0 Å². The largest absolute Gasteiger partial charge is 0.478 e. The molecule has 0 atom stereocenters. The van der Waals surface area contributed by atoms with Crippen LogP contribution in [0.25, 0.3) is 0 Å². The minimum Gasteiger partial charge on any atom is -0.478 e. The number of hydrogen-bond acceptors (Lipinski definition) is 4. The molecule has 0 aromatic heterocycles. The van der Waals surface area contributed by atoms with Gasteiger partial charge in [-0.3, -0.25) is 14.9 Å². The second kappa shape index (κ2) is 4.79. The summed E-state index contributed by atoms with van der Waals surface area (Å²) in [5.74, 6) is -1.90. The van der Waals surface area contributed by atoms with Crippen LogP contribution in [0.15, 0.2) is 12.1 Å². The summed E-state index contributed by atoms with van der Waals surface area (Å²) in [4.78, 5) is 31.5. The molecule has 0 aliphatic carbocycles. The van der Waals surface area contributed by atoms with E-state index in [1.165, 1.54) is 6.92 Å². The molecule has 1 rings (SSSR count). The normalized spacial score (nSPS) is 9.76. The second-order valence-corrected chi connectivity index (χ2v) is 3.50. The number of anilines is 1. The molecule has 0 aliphatic heterocycles. The standard InChI is InChI=1S/C9H7ClN2O5/c1-4(13)11-7-3-6(10)5(9(14)15)2-8(7)12(16)17/h2-3H,1H3,(H,11,13)(H,14,15). The van der Waals surface area contributed by atoms with E-state index in [0.717, 1.165) is 12.1 Å². The summed E-state index contributed by atoms with van der Waals surface area (Å²) in [5, 5.41) is 21.5. The molecule has 0 radical (unpaired) electrons. The fraction of sp³-hybridized carbons (Fsp3) is 0.111. The Morgan fingerprint density at radius 3 is 2.47 bits per heavy atom. The van der Waals surface area contributed by atoms with Crippen LogP contribution < -0.4 is 5.32 Å². The number of hydrogen-bond donors (Lipinski definition) is 2. The maximum Gasteiger partial charge on any atom is 0.337 e. The number of carboxylic acid groups (broad SMARTS) is 1. The van der Waals surface area contributed by atoms with Crippen molar-refractivity contribution >= 4 is 34.9 Å². The van der Waals surface area contributed by atoms with Gasteiger partial charge in [0.15, 0.2) is 0 Å². The van der Waals surface area contributed by atoms with Crippen LogP contribution in [0.1, 0.15) is 17.3 Å². The van der Waals surface area contributed by atoms with Crippen LogP contribution in [-0.2, 0) is 4.79 Å². The van der Waals surface area contributed by atoms with Gasteiger partial charge in [-0.2, -0.15) is 0 Å². The Morgan fingerprint density at radius 2 is 2.06 bits per heavy atom. The number of amides is 1. The van der Waals surface area contributed by atoms with Gasteiger partial charge in [0.05, 0.1) is 15.5 Å². The Kier molecular flexibility index (Phi) is 3.64. The van der Waals surface area contributed by atoms with Crippen molar-refractivity contribution in [1.29, 1.82) is 0 Å². The van der Waals surface area contributed by atoms with Crippen LogP contribution in [0.3, 0.4) is 0 Å². The van der Waals surface area contributed by atoms with Gasteiger partial charge >= 0.3 is 5.97 Å². The summed E-state index contributed by atoms with van der Waals surface area (Å²) in [6.07, 6.45) is 0. The zero-order chi connectivity index (χ0) is 13.2. The topological polar surface area (TPSA) is 110 Å². The Labute approximate surface area is 100 Å². The molecule has 0 saturated carbocycles. The molecule has 0 unspecified atom stereocenters. The van der Waals surface area contributed by atoms with E-state index in [4.69, 9.17) is 16.7 Å². The fourth-order valence-electron chi connectivity index (χ4n) is 1.17. The monoisotopic (exact) mass is 258 g/mol. The van der Waals surface area contributed by atoms with E-state index in [9.17, 15) is 19.7 Å². The van der Waals surface area contributed by atoms with Crippen molar-refractivity contribution in [1.82, 2.24) is 0 Å². The van der Waals surface area contributed by atoms with Gasteiger partial charge in [-0.25, -0.2) is 4.79 Å². The van der Waals surface area contributed by atoms with Crippen LogP contribution in [0, 0.1) is 10.1 Å². The second-order valence-electron chi connectivity index (χ2n) is 3.09. The van der Waals surface area contributed by atoms with Crippen LogP contribution in [0.5, 0.6) is 0 Å². The van der Waals surface area contributed by atoms with Gasteiger partial charge in [0, 0.05) is 13.0 Å². The summed E-state index contributed by atoms with van der Waals surface area (Å²) < 4.78 is 0. The zero-order valence-corrected chi connectivity index (χ0v) is 9.32. The van der Waals surface area contributed by atoms with E-state index >= 15 is 0 Å². The highest BCUT2D eigenvalue weighted by molar-refractivity contribution is 6.34. The summed E-state index contributed by atoms with van der Waals surface area (Å²) in [7, 11) is 0. The minimum atomic E-state index is -1.38. The van der Waals surface area contributed by atoms with Gasteiger partial charge in [-0.1, -0.05) is 11.6 Å². The van der Waals surface area contributed by atoms with Crippen molar-refractivity contribution in [3.8, 4) is 0 Å². The first-order valence-electron chi connectivity index (χ1n) is 4.31. The molecular formula is C9H7ClN2O5. The number of nitrogens with zero attached hydrogens (tertiary/aromatic N) is 1. The lowest BCUT2D eigenvalue weighted by Crippen LogP contribution is -2.09. The lowest BCUT2D eigenvalue weighted by atomic mass is 10.1. The highest BCUT2D eigenvalue weighted by Crippen LogP contribution is 2.31. The van der Waals surface area contributed by atoms with E-state index in [-0.39, 0.29) is 10.7 Å². The van der Waals surface area contributed by atoms with Crippen molar-refractivity contribution in [2.75, 3.05) is 5.32 Å². The van der Waals surface area contributed by atoms with E-state index in [0.29, 0.717) is 0 Å². The number of nitro benzene ring substituents is 1. The number of carboxylic acids is 1. The van der Waals surface area contributed by atoms with Gasteiger partial charge < -0.3 is 10.4 Å². The number of carbonyl (C=O) groups is 2. The van der Waals surface area contributed by atoms with Crippen LogP contribution >= 0.6 is 11.6 Å². The minimum absolute atomic E-state index is 0.141. The SMILES string of the molecule is CC(=O)Nc1cc(Cl)c(C(=O)O)cc1[N+](=O)[O-]. The van der Waals surface area contributed by atoms with Crippen LogP contribution in [-0.4, -0.2) is 21.9 Å². The third-order valence-electron chi connectivity index (χ3n) is 1.82. The zero-order valence-electron chi connectivity index (χ0n) is 8.56. The molecule has 2 N–H and O–H groups in total. The van der Waals surface area contributed by atoms with Gasteiger partial charge in [0.1, 0.15) is 5.69 Å². The van der Waals surface area contributed by atoms with Gasteiger partial charge in [0.2, 0.25) is 5.91 Å². The third kappa shape index (κ3) is 2.91. The molecule has 1 aromatic rings. The van der Waals surface area contributed by atoms with E-state index in [2.05, 4.69) is 5.32 Å². The summed E-state index contributed by atoms with van der Waals surface area (Å²) in [6.45, 7) is 1.17. The first kappa shape index (κ1) is 12.9. The molecule has 1 aromatic carbocycles. The smallest absolute Gasteiger partial charge is 0.337 e. The molecule has 90 valence electrons. The highest BCUT2D eigenvalue weighted by atomic mass is 35.5. The van der Waals surface area contributed by atoms with Crippen molar-refractivity contribution < 1.29 is 19.6 Å². The first-order chi connectivity index (χ1) is 7.82. The van der Waals surface area contributed by atoms with E-state index in [1.54, 1.807) is 0 Å². The number of benzene rings is 1. The van der Waals surface area contributed by atoms with Gasteiger partial charge in [-0.05, 0) is 6.07 Å². The number of rotatable bonds is 3. The molecule has 7 nitrogen and oxygen atoms in total. The maximum absolute atomic E-state index is 10.8. The van der Waals surface area contributed by atoms with Crippen LogP contribution in [0.4, 0.5) is 11.4 Å². The Balaban J connectivity index is 3.40. The van der Waals surface area contributed by atoms with Crippen molar-refractivity contribution in [2.45, 2.75) is 6.92 Å². The molecule has 0 heterocycles. The number of carbonyl (C=O) groups excluding carboxylic acids is 1. The van der Waals surface area contributed by atoms with Crippen LogP contribution in [0.2, 0.25) is 5.02 Å². The number of halogens is 1. The summed E-state index contributed by atoms with van der Waals surface area (Å²) >= 11 is 5.63. The maximum atomic E-state index is 10.8. The average Bonchev–Trinajstić information content (AvgIpc) is 2.15. The predicted octanol–water partition coefficient (Wildman–Crippen LogP) is 1.90. The Bertz CT molecular complexity index is 514. The molecular weight excluding hydrogens is 252 g/mol. The highest BCUT2D eigenvalue weighted by Gasteiger charge is 2.21. The van der Waals surface area contributed by atoms with Gasteiger partial charge in [-0.15, -0.1) is 0 Å². The van der Waals surface area contributed by atoms with Gasteiger partial charge in [0.25, 0.3) is 5.69 Å². The van der Waals surface area contributed by atoms with E-state index < -0.39 is 28.1 Å². The fourth-order valence-corrected chi connectivity index (χ4v) is 1.41. The lowest BCUT2D eigenvalue weighted by molar-refractivity contribution is -0.384. The molecule has 17 heavy (non-hydrogen) atoms. The molecule has 0 bridgehead atoms. The van der Waals surface area contributed by atoms with Crippen molar-refractivity contribution in [3.63, 3.8) is 0 Å².